The minimum absolute atomic E-state index is 0. The Morgan fingerprint density at radius 2 is 2.24 bits per heavy atom. The van der Waals surface area contributed by atoms with E-state index in [0.717, 1.165) is 31.9 Å². The highest BCUT2D eigenvalue weighted by Crippen LogP contribution is 2.13. The largest absolute Gasteiger partial charge is 0.356 e. The smallest absolute Gasteiger partial charge is 0.191 e. The summed E-state index contributed by atoms with van der Waals surface area (Å²) in [6, 6.07) is 2.12. The number of thiophene rings is 1. The maximum Gasteiger partial charge on any atom is 0.191 e. The van der Waals surface area contributed by atoms with Crippen molar-refractivity contribution in [2.75, 3.05) is 13.6 Å². The third-order valence-corrected chi connectivity index (χ3v) is 4.78. The van der Waals surface area contributed by atoms with E-state index >= 15 is 0 Å². The van der Waals surface area contributed by atoms with Crippen LogP contribution in [0.5, 0.6) is 0 Å². The Morgan fingerprint density at radius 3 is 2.86 bits per heavy atom. The van der Waals surface area contributed by atoms with Gasteiger partial charge in [-0.05, 0) is 28.8 Å². The van der Waals surface area contributed by atoms with E-state index in [4.69, 9.17) is 0 Å². The zero-order chi connectivity index (χ0) is 14.2. The Morgan fingerprint density at radius 1 is 1.38 bits per heavy atom. The molecule has 0 aromatic carbocycles. The fourth-order valence-corrected chi connectivity index (χ4v) is 3.25. The highest BCUT2D eigenvalue weighted by molar-refractivity contribution is 14.0. The van der Waals surface area contributed by atoms with Crippen molar-refractivity contribution >= 4 is 52.6 Å². The van der Waals surface area contributed by atoms with Gasteiger partial charge in [0.05, 0.1) is 5.01 Å². The molecule has 0 spiro atoms. The molecule has 0 atom stereocenters. The van der Waals surface area contributed by atoms with Crippen molar-refractivity contribution in [1.29, 1.82) is 0 Å². The molecule has 0 unspecified atom stereocenters. The first-order chi connectivity index (χ1) is 9.81. The maximum absolute atomic E-state index is 4.42. The van der Waals surface area contributed by atoms with Crippen LogP contribution >= 0.6 is 46.7 Å². The van der Waals surface area contributed by atoms with Crippen LogP contribution in [0.1, 0.15) is 22.4 Å². The van der Waals surface area contributed by atoms with Crippen LogP contribution in [0.4, 0.5) is 0 Å². The summed E-state index contributed by atoms with van der Waals surface area (Å²) < 4.78 is 0. The molecule has 21 heavy (non-hydrogen) atoms. The second kappa shape index (κ2) is 10.1. The number of aliphatic imine (C=N–C) groups is 1. The molecule has 2 aromatic rings. The summed E-state index contributed by atoms with van der Waals surface area (Å²) in [4.78, 5) is 9.98. The fraction of sp³-hybridized carbons (Fsp3) is 0.429. The van der Waals surface area contributed by atoms with Gasteiger partial charge in [0.25, 0.3) is 0 Å². The molecule has 0 aliphatic carbocycles. The van der Waals surface area contributed by atoms with E-state index in [1.54, 1.807) is 29.7 Å². The van der Waals surface area contributed by atoms with E-state index < -0.39 is 0 Å². The van der Waals surface area contributed by atoms with Crippen molar-refractivity contribution in [3.05, 3.63) is 38.5 Å². The third kappa shape index (κ3) is 6.31. The molecule has 0 bridgehead atoms. The fourth-order valence-electron chi connectivity index (χ4n) is 1.71. The van der Waals surface area contributed by atoms with Gasteiger partial charge >= 0.3 is 0 Å². The predicted molar refractivity (Wildman–Crippen MR) is 103 cm³/mol. The Kier molecular flexibility index (Phi) is 8.86. The highest BCUT2D eigenvalue weighted by Gasteiger charge is 2.02. The molecule has 0 amide bonds. The molecule has 0 saturated carbocycles. The molecule has 0 aliphatic heterocycles. The van der Waals surface area contributed by atoms with Gasteiger partial charge in [0.2, 0.25) is 0 Å². The second-order valence-corrected chi connectivity index (χ2v) is 6.29. The Labute approximate surface area is 151 Å². The van der Waals surface area contributed by atoms with Crippen molar-refractivity contribution in [2.24, 2.45) is 4.99 Å². The van der Waals surface area contributed by atoms with Crippen LogP contribution in [0.2, 0.25) is 0 Å². The lowest BCUT2D eigenvalue weighted by molar-refractivity contribution is 0.793. The van der Waals surface area contributed by atoms with Gasteiger partial charge in [-0.1, -0.05) is 6.92 Å². The number of guanidine groups is 1. The number of nitrogens with one attached hydrogen (secondary N) is 2. The summed E-state index contributed by atoms with van der Waals surface area (Å²) in [6.07, 6.45) is 3.97. The van der Waals surface area contributed by atoms with Gasteiger partial charge in [-0.15, -0.1) is 35.3 Å². The summed E-state index contributed by atoms with van der Waals surface area (Å²) >= 11 is 3.50. The molecule has 2 heterocycles. The van der Waals surface area contributed by atoms with E-state index in [1.807, 2.05) is 6.20 Å². The monoisotopic (exact) mass is 436 g/mol. The molecule has 0 fully saturated rings. The molecule has 116 valence electrons. The van der Waals surface area contributed by atoms with Crippen molar-refractivity contribution in [2.45, 2.75) is 26.3 Å². The second-order valence-electron chi connectivity index (χ2n) is 4.31. The topological polar surface area (TPSA) is 49.3 Å². The first kappa shape index (κ1) is 18.4. The molecule has 2 N–H and O–H groups in total. The Bertz CT molecular complexity index is 537. The zero-order valence-corrected chi connectivity index (χ0v) is 16.2. The Balaban J connectivity index is 0.00000220. The summed E-state index contributed by atoms with van der Waals surface area (Å²) in [5, 5.41) is 12.0. The Hall–Kier alpha value is -0.670. The van der Waals surface area contributed by atoms with E-state index in [-0.39, 0.29) is 24.0 Å². The van der Waals surface area contributed by atoms with Gasteiger partial charge in [0.15, 0.2) is 5.96 Å². The molecule has 2 aromatic heterocycles. The lowest BCUT2D eigenvalue weighted by Crippen LogP contribution is -2.37. The average Bonchev–Trinajstić information content (AvgIpc) is 3.13. The van der Waals surface area contributed by atoms with Gasteiger partial charge in [0, 0.05) is 37.6 Å². The standard InChI is InChI=1S/C14H20N4S2.HI/c1-3-12-9-17-13(20-12)4-6-16-14(15-2)18-8-11-5-7-19-10-11;/h5,7,9-10H,3-4,6,8H2,1-2H3,(H2,15,16,18);1H. The quantitative estimate of drug-likeness (QED) is 0.415. The molecule has 0 saturated heterocycles. The molecule has 0 radical (unpaired) electrons. The van der Waals surface area contributed by atoms with Crippen LogP contribution in [0.15, 0.2) is 28.0 Å². The summed E-state index contributed by atoms with van der Waals surface area (Å²) in [5.74, 6) is 0.837. The van der Waals surface area contributed by atoms with Gasteiger partial charge in [-0.25, -0.2) is 4.98 Å². The van der Waals surface area contributed by atoms with Gasteiger partial charge < -0.3 is 10.6 Å². The van der Waals surface area contributed by atoms with Crippen LogP contribution in [-0.4, -0.2) is 24.5 Å². The number of aryl methyl sites for hydroxylation is 1. The van der Waals surface area contributed by atoms with Crippen molar-refractivity contribution in [3.63, 3.8) is 0 Å². The SMILES string of the molecule is CCc1cnc(CCNC(=NC)NCc2ccsc2)s1.I. The van der Waals surface area contributed by atoms with Gasteiger partial charge in [0.1, 0.15) is 0 Å². The number of aromatic nitrogens is 1. The molecular formula is C14H21IN4S2. The van der Waals surface area contributed by atoms with E-state index in [1.165, 1.54) is 15.4 Å². The minimum atomic E-state index is 0. The van der Waals surface area contributed by atoms with Crippen LogP contribution < -0.4 is 10.6 Å². The normalized spacial score (nSPS) is 11.0. The summed E-state index contributed by atoms with van der Waals surface area (Å²) in [7, 11) is 1.79. The third-order valence-electron chi connectivity index (χ3n) is 2.84. The van der Waals surface area contributed by atoms with Crippen molar-refractivity contribution in [1.82, 2.24) is 15.6 Å². The van der Waals surface area contributed by atoms with Crippen LogP contribution in [0, 0.1) is 0 Å². The minimum Gasteiger partial charge on any atom is -0.356 e. The number of nitrogens with zero attached hydrogens (tertiary/aromatic N) is 2. The zero-order valence-electron chi connectivity index (χ0n) is 12.3. The maximum atomic E-state index is 4.42. The highest BCUT2D eigenvalue weighted by atomic mass is 127. The van der Waals surface area contributed by atoms with Crippen molar-refractivity contribution < 1.29 is 0 Å². The molecular weight excluding hydrogens is 415 g/mol. The van der Waals surface area contributed by atoms with E-state index in [0.29, 0.717) is 0 Å². The van der Waals surface area contributed by atoms with Crippen LogP contribution in [-0.2, 0) is 19.4 Å². The number of hydrogen-bond acceptors (Lipinski definition) is 4. The summed E-state index contributed by atoms with van der Waals surface area (Å²) in [6.45, 7) is 3.81. The molecule has 7 heteroatoms. The number of halogens is 1. The number of rotatable bonds is 6. The average molecular weight is 436 g/mol. The predicted octanol–water partition coefficient (Wildman–Crippen LogP) is 3.29. The van der Waals surface area contributed by atoms with E-state index in [2.05, 4.69) is 44.4 Å². The summed E-state index contributed by atoms with van der Waals surface area (Å²) in [5.41, 5.74) is 1.28. The molecule has 4 nitrogen and oxygen atoms in total. The first-order valence-electron chi connectivity index (χ1n) is 6.71. The van der Waals surface area contributed by atoms with Gasteiger partial charge in [-0.2, -0.15) is 11.3 Å². The van der Waals surface area contributed by atoms with Crippen LogP contribution in [0.3, 0.4) is 0 Å². The number of thiazole rings is 1. The van der Waals surface area contributed by atoms with Gasteiger partial charge in [-0.3, -0.25) is 4.99 Å². The molecule has 0 aliphatic rings. The lowest BCUT2D eigenvalue weighted by atomic mass is 10.3. The number of hydrogen-bond donors (Lipinski definition) is 2. The first-order valence-corrected chi connectivity index (χ1v) is 8.47. The molecule has 2 rings (SSSR count). The van der Waals surface area contributed by atoms with E-state index in [9.17, 15) is 0 Å². The lowest BCUT2D eigenvalue weighted by Gasteiger charge is -2.10. The van der Waals surface area contributed by atoms with Crippen LogP contribution in [0.25, 0.3) is 0 Å². The van der Waals surface area contributed by atoms with Crippen molar-refractivity contribution in [3.8, 4) is 0 Å².